The van der Waals surface area contributed by atoms with E-state index < -0.39 is 0 Å². The second-order valence-electron chi connectivity index (χ2n) is 0.973. The van der Waals surface area contributed by atoms with Crippen LogP contribution in [-0.2, 0) is 4.79 Å². The van der Waals surface area contributed by atoms with Gasteiger partial charge < -0.3 is 0 Å². The number of carbonyl (C=O) groups excluding carboxylic acids is 1. The van der Waals surface area contributed by atoms with Crippen LogP contribution in [0.15, 0.2) is 4.99 Å². The van der Waals surface area contributed by atoms with Crippen molar-refractivity contribution in [2.24, 2.45) is 4.99 Å². The van der Waals surface area contributed by atoms with E-state index in [2.05, 4.69) is 4.99 Å². The summed E-state index contributed by atoms with van der Waals surface area (Å²) in [6.45, 7) is 2.57. The Morgan fingerprint density at radius 3 is 2.43 bits per heavy atom. The summed E-state index contributed by atoms with van der Waals surface area (Å²) in [6.07, 6.45) is 2.37. The van der Waals surface area contributed by atoms with Crippen molar-refractivity contribution in [1.29, 1.82) is 0 Å². The highest BCUT2D eigenvalue weighted by Crippen LogP contribution is 1.70. The Bertz CT molecular complexity index is 68.1. The summed E-state index contributed by atoms with van der Waals surface area (Å²) < 4.78 is 0. The second-order valence-corrected chi connectivity index (χ2v) is 0.973. The molecule has 0 heterocycles. The van der Waals surface area contributed by atoms with Gasteiger partial charge in [-0.05, 0) is 6.42 Å². The van der Waals surface area contributed by atoms with Crippen molar-refractivity contribution in [3.8, 4) is 0 Å². The molecule has 0 saturated carbocycles. The summed E-state index contributed by atoms with van der Waals surface area (Å²) in [7, 11) is 0. The normalized spacial score (nSPS) is 5.86. The van der Waals surface area contributed by atoms with Crippen LogP contribution < -0.4 is 0 Å². The molecule has 0 unspecified atom stereocenters. The number of isocyanates is 1. The Kier molecular flexibility index (Phi) is 13.0. The van der Waals surface area contributed by atoms with Crippen LogP contribution >= 0.6 is 13.5 Å². The van der Waals surface area contributed by atoms with E-state index in [-0.39, 0.29) is 13.5 Å². The lowest BCUT2D eigenvalue weighted by molar-refractivity contribution is 0.562. The van der Waals surface area contributed by atoms with Crippen molar-refractivity contribution >= 4 is 19.6 Å². The molecule has 0 aliphatic heterocycles. The predicted molar refractivity (Wildman–Crippen MR) is 33.7 cm³/mol. The molecule has 0 amide bonds. The number of hydrogen-bond acceptors (Lipinski definition) is 2. The van der Waals surface area contributed by atoms with Crippen LogP contribution in [-0.4, -0.2) is 12.6 Å². The van der Waals surface area contributed by atoms with Crippen molar-refractivity contribution in [1.82, 2.24) is 0 Å². The van der Waals surface area contributed by atoms with Crippen LogP contribution in [0.2, 0.25) is 0 Å². The molecule has 0 aromatic rings. The maximum absolute atomic E-state index is 9.27. The minimum absolute atomic E-state index is 0. The number of aliphatic imine (C=N–C) groups is 1. The topological polar surface area (TPSA) is 29.4 Å². The molecule has 3 heteroatoms. The van der Waals surface area contributed by atoms with Gasteiger partial charge in [-0.3, -0.25) is 0 Å². The van der Waals surface area contributed by atoms with Crippen LogP contribution in [0.3, 0.4) is 0 Å². The summed E-state index contributed by atoms with van der Waals surface area (Å²) in [4.78, 5) is 12.6. The van der Waals surface area contributed by atoms with Crippen LogP contribution in [0.1, 0.15) is 13.3 Å². The van der Waals surface area contributed by atoms with Gasteiger partial charge >= 0.3 is 0 Å². The molecule has 0 aliphatic rings. The van der Waals surface area contributed by atoms with E-state index in [0.29, 0.717) is 6.54 Å². The van der Waals surface area contributed by atoms with Crippen molar-refractivity contribution in [3.63, 3.8) is 0 Å². The highest BCUT2D eigenvalue weighted by molar-refractivity contribution is 7.59. The molecule has 0 bridgehead atoms. The molecule has 0 fully saturated rings. The van der Waals surface area contributed by atoms with Crippen molar-refractivity contribution < 1.29 is 4.79 Å². The van der Waals surface area contributed by atoms with Gasteiger partial charge in [0, 0.05) is 0 Å². The van der Waals surface area contributed by atoms with Crippen LogP contribution in [0.5, 0.6) is 0 Å². The molecule has 0 spiro atoms. The van der Waals surface area contributed by atoms with Gasteiger partial charge in [-0.1, -0.05) is 6.92 Å². The lowest BCUT2D eigenvalue weighted by atomic mass is 10.5. The maximum Gasteiger partial charge on any atom is 0.234 e. The lowest BCUT2D eigenvalue weighted by Gasteiger charge is -1.71. The van der Waals surface area contributed by atoms with Gasteiger partial charge in [0.25, 0.3) is 0 Å². The largest absolute Gasteiger partial charge is 0.234 e. The maximum atomic E-state index is 9.27. The summed E-state index contributed by atoms with van der Waals surface area (Å²) in [5.41, 5.74) is 0. The third kappa shape index (κ3) is 10.7. The Morgan fingerprint density at radius 1 is 1.71 bits per heavy atom. The fraction of sp³-hybridized carbons (Fsp3) is 0.750. The molecule has 0 atom stereocenters. The number of nitrogens with zero attached hydrogens (tertiary/aromatic N) is 1. The quantitative estimate of drug-likeness (QED) is 0.391. The summed E-state index contributed by atoms with van der Waals surface area (Å²) in [5, 5.41) is 0. The van der Waals surface area contributed by atoms with Gasteiger partial charge in [-0.25, -0.2) is 9.79 Å². The highest BCUT2D eigenvalue weighted by atomic mass is 32.1. The summed E-state index contributed by atoms with van der Waals surface area (Å²) in [6, 6.07) is 0. The summed E-state index contributed by atoms with van der Waals surface area (Å²) in [5.74, 6) is 0. The minimum atomic E-state index is 0. The Hall–Kier alpha value is -0.270. The SMILES string of the molecule is CCCN=C=O.S. The van der Waals surface area contributed by atoms with E-state index in [1.807, 2.05) is 6.92 Å². The smallest absolute Gasteiger partial charge is 0.211 e. The van der Waals surface area contributed by atoms with Gasteiger partial charge in [0.2, 0.25) is 6.08 Å². The van der Waals surface area contributed by atoms with Crippen LogP contribution in [0.4, 0.5) is 0 Å². The second kappa shape index (κ2) is 9.21. The first-order valence-electron chi connectivity index (χ1n) is 1.95. The fourth-order valence-corrected chi connectivity index (χ4v) is 0.157. The molecular weight excluding hydrogens is 110 g/mol. The third-order valence-corrected chi connectivity index (χ3v) is 0.400. The Labute approximate surface area is 50.1 Å². The van der Waals surface area contributed by atoms with Gasteiger partial charge in [0.15, 0.2) is 0 Å². The molecule has 0 aromatic heterocycles. The lowest BCUT2D eigenvalue weighted by Crippen LogP contribution is -1.69. The molecule has 0 aliphatic carbocycles. The first kappa shape index (κ1) is 9.88. The van der Waals surface area contributed by atoms with Gasteiger partial charge in [0.05, 0.1) is 6.54 Å². The monoisotopic (exact) mass is 119 g/mol. The molecular formula is C4H9NOS. The molecule has 42 valence electrons. The van der Waals surface area contributed by atoms with Crippen molar-refractivity contribution in [2.45, 2.75) is 13.3 Å². The predicted octanol–water partition coefficient (Wildman–Crippen LogP) is 0.845. The number of rotatable bonds is 2. The molecule has 0 aromatic carbocycles. The molecule has 0 saturated heterocycles. The zero-order valence-corrected chi connectivity index (χ0v) is 5.27. The van der Waals surface area contributed by atoms with E-state index in [9.17, 15) is 4.79 Å². The molecule has 0 rings (SSSR count). The minimum Gasteiger partial charge on any atom is -0.211 e. The first-order valence-corrected chi connectivity index (χ1v) is 1.95. The number of hydrogen-bond donors (Lipinski definition) is 0. The Morgan fingerprint density at radius 2 is 2.29 bits per heavy atom. The fourth-order valence-electron chi connectivity index (χ4n) is 0.157. The van der Waals surface area contributed by atoms with E-state index >= 15 is 0 Å². The zero-order chi connectivity index (χ0) is 4.83. The average Bonchev–Trinajstić information content (AvgIpc) is 1.61. The van der Waals surface area contributed by atoms with E-state index in [4.69, 9.17) is 0 Å². The molecule has 0 N–H and O–H groups in total. The Balaban J connectivity index is 0. The van der Waals surface area contributed by atoms with E-state index in [1.165, 1.54) is 6.08 Å². The molecule has 0 radical (unpaired) electrons. The third-order valence-electron chi connectivity index (χ3n) is 0.400. The van der Waals surface area contributed by atoms with Gasteiger partial charge in [-0.2, -0.15) is 13.5 Å². The average molecular weight is 119 g/mol. The highest BCUT2D eigenvalue weighted by Gasteiger charge is 1.66. The van der Waals surface area contributed by atoms with Crippen molar-refractivity contribution in [3.05, 3.63) is 0 Å². The molecule has 2 nitrogen and oxygen atoms in total. The van der Waals surface area contributed by atoms with Crippen LogP contribution in [0.25, 0.3) is 0 Å². The standard InChI is InChI=1S/C4H7NO.H2S/c1-2-3-5-4-6;/h2-3H2,1H3;1H2. The van der Waals surface area contributed by atoms with E-state index in [0.717, 1.165) is 6.42 Å². The first-order chi connectivity index (χ1) is 2.91. The van der Waals surface area contributed by atoms with Gasteiger partial charge in [0.1, 0.15) is 0 Å². The van der Waals surface area contributed by atoms with E-state index in [1.54, 1.807) is 0 Å². The van der Waals surface area contributed by atoms with Crippen molar-refractivity contribution in [2.75, 3.05) is 6.54 Å². The van der Waals surface area contributed by atoms with Crippen LogP contribution in [0, 0.1) is 0 Å². The zero-order valence-electron chi connectivity index (χ0n) is 4.27. The van der Waals surface area contributed by atoms with Gasteiger partial charge in [-0.15, -0.1) is 0 Å². The molecule has 7 heavy (non-hydrogen) atoms. The summed E-state index contributed by atoms with van der Waals surface area (Å²) >= 11 is 0.